The smallest absolute Gasteiger partial charge is 0.177 e. The zero-order chi connectivity index (χ0) is 9.68. The Bertz CT molecular complexity index is 320. The molecular weight excluding hydrogens is 166 g/mol. The lowest BCUT2D eigenvalue weighted by atomic mass is 10.1. The van der Waals surface area contributed by atoms with E-state index in [-0.39, 0.29) is 12.2 Å². The van der Waals surface area contributed by atoms with Crippen LogP contribution < -0.4 is 4.74 Å². The van der Waals surface area contributed by atoms with E-state index in [0.717, 1.165) is 17.5 Å². The van der Waals surface area contributed by atoms with Gasteiger partial charge in [0.15, 0.2) is 5.78 Å². The van der Waals surface area contributed by atoms with Crippen molar-refractivity contribution < 1.29 is 9.53 Å². The first-order chi connectivity index (χ1) is 6.26. The Kier molecular flexibility index (Phi) is 3.20. The minimum Gasteiger partial charge on any atom is -0.497 e. The molecular formula is C10H11NO2. The van der Waals surface area contributed by atoms with Crippen LogP contribution in [0.1, 0.15) is 5.56 Å². The molecule has 0 atom stereocenters. The maximum absolute atomic E-state index is 10.9. The maximum atomic E-state index is 10.9. The largest absolute Gasteiger partial charge is 0.497 e. The molecule has 13 heavy (non-hydrogen) atoms. The summed E-state index contributed by atoms with van der Waals surface area (Å²) < 4.78 is 5.00. The number of Topliss-reactive ketones (excluding diaryl/α,β-unsaturated/α-hetero) is 1. The molecule has 3 heteroatoms. The SMILES string of the molecule is COc1cccc(CC(=O)C=N)c1. The molecule has 0 spiro atoms. The predicted molar refractivity (Wildman–Crippen MR) is 50.5 cm³/mol. The van der Waals surface area contributed by atoms with Gasteiger partial charge in [0.25, 0.3) is 0 Å². The summed E-state index contributed by atoms with van der Waals surface area (Å²) >= 11 is 0. The molecule has 0 aromatic heterocycles. The minimum absolute atomic E-state index is 0.201. The van der Waals surface area contributed by atoms with E-state index in [0.29, 0.717) is 0 Å². The Morgan fingerprint density at radius 1 is 1.62 bits per heavy atom. The summed E-state index contributed by atoms with van der Waals surface area (Å²) in [5.41, 5.74) is 0.868. The molecule has 0 saturated heterocycles. The number of rotatable bonds is 4. The molecule has 0 aliphatic carbocycles. The van der Waals surface area contributed by atoms with Crippen molar-refractivity contribution in [1.29, 1.82) is 5.41 Å². The zero-order valence-electron chi connectivity index (χ0n) is 7.41. The number of nitrogens with one attached hydrogen (secondary N) is 1. The van der Waals surface area contributed by atoms with Gasteiger partial charge in [-0.1, -0.05) is 12.1 Å². The van der Waals surface area contributed by atoms with E-state index in [4.69, 9.17) is 10.1 Å². The van der Waals surface area contributed by atoms with Gasteiger partial charge in [0, 0.05) is 6.42 Å². The van der Waals surface area contributed by atoms with Gasteiger partial charge in [-0.25, -0.2) is 0 Å². The molecule has 0 saturated carbocycles. The molecule has 0 fully saturated rings. The van der Waals surface area contributed by atoms with Crippen LogP contribution in [0.3, 0.4) is 0 Å². The Labute approximate surface area is 76.9 Å². The number of hydrogen-bond acceptors (Lipinski definition) is 3. The number of methoxy groups -OCH3 is 1. The molecule has 1 N–H and O–H groups in total. The van der Waals surface area contributed by atoms with Crippen LogP contribution in [0, 0.1) is 5.41 Å². The van der Waals surface area contributed by atoms with Crippen LogP contribution in [0.4, 0.5) is 0 Å². The highest BCUT2D eigenvalue weighted by atomic mass is 16.5. The van der Waals surface area contributed by atoms with Gasteiger partial charge < -0.3 is 10.1 Å². The summed E-state index contributed by atoms with van der Waals surface area (Å²) in [5, 5.41) is 6.75. The summed E-state index contributed by atoms with van der Waals surface area (Å²) in [6, 6.07) is 7.27. The van der Waals surface area contributed by atoms with Gasteiger partial charge in [-0.2, -0.15) is 0 Å². The second-order valence-corrected chi connectivity index (χ2v) is 2.64. The van der Waals surface area contributed by atoms with Gasteiger partial charge in [-0.15, -0.1) is 0 Å². The molecule has 3 nitrogen and oxygen atoms in total. The fraction of sp³-hybridized carbons (Fsp3) is 0.200. The van der Waals surface area contributed by atoms with Crippen LogP contribution in [0.2, 0.25) is 0 Å². The summed E-state index contributed by atoms with van der Waals surface area (Å²) in [6.45, 7) is 0. The monoisotopic (exact) mass is 177 g/mol. The van der Waals surface area contributed by atoms with E-state index >= 15 is 0 Å². The van der Waals surface area contributed by atoms with Gasteiger partial charge in [-0.05, 0) is 17.7 Å². The first-order valence-corrected chi connectivity index (χ1v) is 3.92. The highest BCUT2D eigenvalue weighted by Crippen LogP contribution is 2.12. The third-order valence-electron chi connectivity index (χ3n) is 1.67. The predicted octanol–water partition coefficient (Wildman–Crippen LogP) is 1.46. The first kappa shape index (κ1) is 9.45. The van der Waals surface area contributed by atoms with Crippen LogP contribution in [0.15, 0.2) is 24.3 Å². The highest BCUT2D eigenvalue weighted by molar-refractivity contribution is 6.26. The average Bonchev–Trinajstić information content (AvgIpc) is 2.18. The van der Waals surface area contributed by atoms with Gasteiger partial charge >= 0.3 is 0 Å². The summed E-state index contributed by atoms with van der Waals surface area (Å²) in [6.07, 6.45) is 1.10. The average molecular weight is 177 g/mol. The van der Waals surface area contributed by atoms with E-state index < -0.39 is 0 Å². The van der Waals surface area contributed by atoms with Crippen LogP contribution in [0.5, 0.6) is 5.75 Å². The normalized spacial score (nSPS) is 9.31. The van der Waals surface area contributed by atoms with Crippen molar-refractivity contribution in [2.24, 2.45) is 0 Å². The summed E-state index contributed by atoms with van der Waals surface area (Å²) in [7, 11) is 1.58. The van der Waals surface area contributed by atoms with Crippen molar-refractivity contribution in [3.63, 3.8) is 0 Å². The van der Waals surface area contributed by atoms with Gasteiger partial charge in [-0.3, -0.25) is 4.79 Å². The molecule has 0 heterocycles. The van der Waals surface area contributed by atoms with E-state index in [1.807, 2.05) is 18.2 Å². The first-order valence-electron chi connectivity index (χ1n) is 3.92. The Morgan fingerprint density at radius 2 is 2.38 bits per heavy atom. The number of hydrogen-bond donors (Lipinski definition) is 1. The van der Waals surface area contributed by atoms with Crippen molar-refractivity contribution in [1.82, 2.24) is 0 Å². The lowest BCUT2D eigenvalue weighted by molar-refractivity contribution is -0.112. The van der Waals surface area contributed by atoms with Gasteiger partial charge in [0.2, 0.25) is 0 Å². The molecule has 0 unspecified atom stereocenters. The fourth-order valence-electron chi connectivity index (χ4n) is 1.03. The van der Waals surface area contributed by atoms with Crippen molar-refractivity contribution in [3.05, 3.63) is 29.8 Å². The van der Waals surface area contributed by atoms with E-state index in [1.165, 1.54) is 0 Å². The Hall–Kier alpha value is -1.64. The third kappa shape index (κ3) is 2.71. The second-order valence-electron chi connectivity index (χ2n) is 2.64. The molecule has 1 aromatic rings. The summed E-state index contributed by atoms with van der Waals surface area (Å²) in [5.74, 6) is 0.531. The van der Waals surface area contributed by atoms with E-state index in [9.17, 15) is 4.79 Å². The van der Waals surface area contributed by atoms with Crippen molar-refractivity contribution >= 4 is 12.0 Å². The standard InChI is InChI=1S/C10H11NO2/c1-13-10-4-2-3-8(6-10)5-9(12)7-11/h2-4,6-7,11H,5H2,1H3. The molecule has 0 aliphatic heterocycles. The quantitative estimate of drug-likeness (QED) is 0.708. The lowest BCUT2D eigenvalue weighted by Crippen LogP contribution is -2.02. The number of carbonyl (C=O) groups excluding carboxylic acids is 1. The highest BCUT2D eigenvalue weighted by Gasteiger charge is 2.00. The van der Waals surface area contributed by atoms with Crippen LogP contribution in [-0.4, -0.2) is 19.1 Å². The van der Waals surface area contributed by atoms with Gasteiger partial charge in [0.05, 0.1) is 13.3 Å². The molecule has 1 rings (SSSR count). The molecule has 0 radical (unpaired) electrons. The van der Waals surface area contributed by atoms with Crippen molar-refractivity contribution in [2.45, 2.75) is 6.42 Å². The zero-order valence-corrected chi connectivity index (χ0v) is 7.41. The van der Waals surface area contributed by atoms with Crippen LogP contribution in [-0.2, 0) is 11.2 Å². The molecule has 0 bridgehead atoms. The minimum atomic E-state index is -0.201. The molecule has 1 aromatic carbocycles. The van der Waals surface area contributed by atoms with Crippen LogP contribution in [0.25, 0.3) is 0 Å². The second kappa shape index (κ2) is 4.40. The molecule has 68 valence electrons. The maximum Gasteiger partial charge on any atom is 0.177 e. The van der Waals surface area contributed by atoms with Gasteiger partial charge in [0.1, 0.15) is 5.75 Å². The number of ether oxygens (including phenoxy) is 1. The number of ketones is 1. The Morgan fingerprint density at radius 3 is 3.00 bits per heavy atom. The van der Waals surface area contributed by atoms with E-state index in [1.54, 1.807) is 13.2 Å². The Balaban J connectivity index is 2.77. The van der Waals surface area contributed by atoms with E-state index in [2.05, 4.69) is 0 Å². The van der Waals surface area contributed by atoms with Crippen LogP contribution >= 0.6 is 0 Å². The van der Waals surface area contributed by atoms with Crippen molar-refractivity contribution in [2.75, 3.05) is 7.11 Å². The molecule has 0 aliphatic rings. The number of benzene rings is 1. The fourth-order valence-corrected chi connectivity index (χ4v) is 1.03. The topological polar surface area (TPSA) is 50.2 Å². The molecule has 0 amide bonds. The van der Waals surface area contributed by atoms with Crippen molar-refractivity contribution in [3.8, 4) is 5.75 Å². The number of carbonyl (C=O) groups is 1. The lowest BCUT2D eigenvalue weighted by Gasteiger charge is -2.01. The summed E-state index contributed by atoms with van der Waals surface area (Å²) in [4.78, 5) is 10.9. The third-order valence-corrected chi connectivity index (χ3v) is 1.67.